The third kappa shape index (κ3) is 4.38. The Balaban J connectivity index is 2.59. The minimum absolute atomic E-state index is 0.0618. The molecule has 0 radical (unpaired) electrons. The number of carbonyl (C=O) groups excluding carboxylic acids is 1. The van der Waals surface area contributed by atoms with Crippen LogP contribution in [0.1, 0.15) is 31.2 Å². The van der Waals surface area contributed by atoms with Crippen LogP contribution in [0.4, 0.5) is 0 Å². The summed E-state index contributed by atoms with van der Waals surface area (Å²) in [4.78, 5) is 11.1. The fraction of sp³-hybridized carbons (Fsp3) is 0.467. The number of ether oxygens (including phenoxy) is 1. The van der Waals surface area contributed by atoms with Gasteiger partial charge < -0.3 is 9.84 Å². The highest BCUT2D eigenvalue weighted by Gasteiger charge is 2.22. The van der Waals surface area contributed by atoms with Gasteiger partial charge in [0.1, 0.15) is 0 Å². The molecule has 0 fully saturated rings. The van der Waals surface area contributed by atoms with Gasteiger partial charge in [-0.15, -0.1) is 0 Å². The van der Waals surface area contributed by atoms with Crippen molar-refractivity contribution in [1.29, 1.82) is 5.26 Å². The summed E-state index contributed by atoms with van der Waals surface area (Å²) in [5.41, 5.74) is 0.963. The zero-order chi connectivity index (χ0) is 14.3. The molecule has 0 amide bonds. The third-order valence-electron chi connectivity index (χ3n) is 3.24. The van der Waals surface area contributed by atoms with Gasteiger partial charge in [0.05, 0.1) is 19.1 Å². The molecule has 4 nitrogen and oxygen atoms in total. The van der Waals surface area contributed by atoms with Gasteiger partial charge in [-0.3, -0.25) is 0 Å². The minimum Gasteiger partial charge on any atom is -0.467 e. The van der Waals surface area contributed by atoms with Gasteiger partial charge in [0.2, 0.25) is 0 Å². The zero-order valence-corrected chi connectivity index (χ0v) is 11.2. The number of rotatable bonds is 6. The van der Waals surface area contributed by atoms with Crippen LogP contribution >= 0.6 is 0 Å². The topological polar surface area (TPSA) is 70.3 Å². The van der Waals surface area contributed by atoms with Crippen molar-refractivity contribution in [3.63, 3.8) is 0 Å². The van der Waals surface area contributed by atoms with E-state index in [4.69, 9.17) is 0 Å². The molecule has 102 valence electrons. The second kappa shape index (κ2) is 7.55. The average molecular weight is 261 g/mol. The Morgan fingerprint density at radius 3 is 2.53 bits per heavy atom. The van der Waals surface area contributed by atoms with Gasteiger partial charge in [-0.1, -0.05) is 37.3 Å². The highest BCUT2D eigenvalue weighted by molar-refractivity contribution is 5.74. The van der Waals surface area contributed by atoms with E-state index in [0.29, 0.717) is 12.8 Å². The Kier molecular flexibility index (Phi) is 6.04. The first-order valence-electron chi connectivity index (χ1n) is 6.30. The summed E-state index contributed by atoms with van der Waals surface area (Å²) in [7, 11) is 1.25. The number of nitrogens with zero attached hydrogens (tertiary/aromatic N) is 1. The first-order valence-corrected chi connectivity index (χ1v) is 6.30. The largest absolute Gasteiger partial charge is 0.467 e. The fourth-order valence-corrected chi connectivity index (χ4v) is 2.03. The van der Waals surface area contributed by atoms with E-state index in [-0.39, 0.29) is 11.8 Å². The van der Waals surface area contributed by atoms with Crippen molar-refractivity contribution in [2.75, 3.05) is 7.11 Å². The van der Waals surface area contributed by atoms with Crippen molar-refractivity contribution in [2.45, 2.75) is 31.8 Å². The molecular formula is C15H19NO3. The maximum absolute atomic E-state index is 11.1. The van der Waals surface area contributed by atoms with Gasteiger partial charge in [0, 0.05) is 0 Å². The molecule has 0 aliphatic carbocycles. The van der Waals surface area contributed by atoms with Gasteiger partial charge in [-0.2, -0.15) is 5.26 Å². The van der Waals surface area contributed by atoms with Crippen LogP contribution in [-0.2, 0) is 9.53 Å². The zero-order valence-electron chi connectivity index (χ0n) is 11.2. The van der Waals surface area contributed by atoms with E-state index in [0.717, 1.165) is 5.56 Å². The van der Waals surface area contributed by atoms with Crippen LogP contribution in [0.5, 0.6) is 0 Å². The van der Waals surface area contributed by atoms with Crippen LogP contribution in [0.15, 0.2) is 30.3 Å². The number of methoxy groups -OCH3 is 1. The molecule has 0 aliphatic rings. The van der Waals surface area contributed by atoms with E-state index in [9.17, 15) is 15.2 Å². The quantitative estimate of drug-likeness (QED) is 0.797. The van der Waals surface area contributed by atoms with Gasteiger partial charge in [-0.25, -0.2) is 4.79 Å². The lowest BCUT2D eigenvalue weighted by atomic mass is 9.85. The van der Waals surface area contributed by atoms with Crippen LogP contribution in [-0.4, -0.2) is 24.3 Å². The number of hydrogen-bond donors (Lipinski definition) is 1. The minimum atomic E-state index is -1.11. The molecule has 0 aliphatic heterocycles. The van der Waals surface area contributed by atoms with Crippen molar-refractivity contribution in [3.8, 4) is 6.07 Å². The standard InChI is InChI=1S/C15H19NO3/c1-11(8-9-14(17)15(18)19-2)13(10-16)12-6-4-3-5-7-12/h3-7,11,13-14,17H,8-9H2,1-2H3/t11-,13+,14-/m0/s1. The SMILES string of the molecule is COC(=O)[C@@H](O)CC[C@H](C)[C@@H](C#N)c1ccccc1. The molecule has 19 heavy (non-hydrogen) atoms. The molecule has 3 atom stereocenters. The lowest BCUT2D eigenvalue weighted by Crippen LogP contribution is -2.23. The number of carbonyl (C=O) groups is 1. The number of nitriles is 1. The van der Waals surface area contributed by atoms with Crippen molar-refractivity contribution >= 4 is 5.97 Å². The second-order valence-corrected chi connectivity index (χ2v) is 4.61. The van der Waals surface area contributed by atoms with E-state index in [1.807, 2.05) is 37.3 Å². The molecule has 0 aromatic heterocycles. The van der Waals surface area contributed by atoms with Crippen LogP contribution in [0, 0.1) is 17.2 Å². The molecule has 1 N–H and O–H groups in total. The van der Waals surface area contributed by atoms with E-state index in [2.05, 4.69) is 10.8 Å². The molecule has 0 bridgehead atoms. The smallest absolute Gasteiger partial charge is 0.334 e. The van der Waals surface area contributed by atoms with Gasteiger partial charge in [-0.05, 0) is 24.3 Å². The monoisotopic (exact) mass is 261 g/mol. The maximum atomic E-state index is 11.1. The molecule has 0 spiro atoms. The van der Waals surface area contributed by atoms with Crippen molar-refractivity contribution < 1.29 is 14.6 Å². The van der Waals surface area contributed by atoms with Crippen molar-refractivity contribution in [2.24, 2.45) is 5.92 Å². The Labute approximate surface area is 113 Å². The summed E-state index contributed by atoms with van der Waals surface area (Å²) in [6, 6.07) is 11.8. The summed E-state index contributed by atoms with van der Waals surface area (Å²) in [5.74, 6) is -0.793. The lowest BCUT2D eigenvalue weighted by molar-refractivity contribution is -0.150. The second-order valence-electron chi connectivity index (χ2n) is 4.61. The van der Waals surface area contributed by atoms with E-state index in [1.165, 1.54) is 7.11 Å². The summed E-state index contributed by atoms with van der Waals surface area (Å²) < 4.78 is 4.46. The maximum Gasteiger partial charge on any atom is 0.334 e. The summed E-state index contributed by atoms with van der Waals surface area (Å²) in [5, 5.41) is 18.8. The summed E-state index contributed by atoms with van der Waals surface area (Å²) >= 11 is 0. The molecule has 0 saturated carbocycles. The molecular weight excluding hydrogens is 242 g/mol. The molecule has 1 aromatic carbocycles. The molecule has 1 rings (SSSR count). The lowest BCUT2D eigenvalue weighted by Gasteiger charge is -2.19. The van der Waals surface area contributed by atoms with E-state index >= 15 is 0 Å². The first-order chi connectivity index (χ1) is 9.10. The Bertz CT molecular complexity index is 438. The Morgan fingerprint density at radius 1 is 1.37 bits per heavy atom. The number of hydrogen-bond acceptors (Lipinski definition) is 4. The summed E-state index contributed by atoms with van der Waals surface area (Å²) in [6.07, 6.45) is -0.218. The van der Waals surface area contributed by atoms with E-state index < -0.39 is 12.1 Å². The Hall–Kier alpha value is -1.86. The van der Waals surface area contributed by atoms with Crippen LogP contribution < -0.4 is 0 Å². The number of benzene rings is 1. The number of esters is 1. The van der Waals surface area contributed by atoms with Crippen LogP contribution in [0.3, 0.4) is 0 Å². The highest BCUT2D eigenvalue weighted by atomic mass is 16.5. The van der Waals surface area contributed by atoms with Crippen LogP contribution in [0.2, 0.25) is 0 Å². The molecule has 0 saturated heterocycles. The molecule has 0 unspecified atom stereocenters. The van der Waals surface area contributed by atoms with Gasteiger partial charge in [0.15, 0.2) is 6.10 Å². The molecule has 4 heteroatoms. The third-order valence-corrected chi connectivity index (χ3v) is 3.24. The fourth-order valence-electron chi connectivity index (χ4n) is 2.03. The van der Waals surface area contributed by atoms with Crippen LogP contribution in [0.25, 0.3) is 0 Å². The van der Waals surface area contributed by atoms with Gasteiger partial charge in [0.25, 0.3) is 0 Å². The number of aliphatic hydroxyl groups is 1. The molecule has 1 aromatic rings. The highest BCUT2D eigenvalue weighted by Crippen LogP contribution is 2.27. The number of aliphatic hydroxyl groups excluding tert-OH is 1. The summed E-state index contributed by atoms with van der Waals surface area (Å²) in [6.45, 7) is 1.95. The van der Waals surface area contributed by atoms with Crippen molar-refractivity contribution in [1.82, 2.24) is 0 Å². The van der Waals surface area contributed by atoms with E-state index in [1.54, 1.807) is 0 Å². The Morgan fingerprint density at radius 2 is 2.00 bits per heavy atom. The predicted octanol–water partition coefficient (Wildman–Crippen LogP) is 2.24. The average Bonchev–Trinajstić information content (AvgIpc) is 2.45. The molecule has 0 heterocycles. The first kappa shape index (κ1) is 15.2. The van der Waals surface area contributed by atoms with Gasteiger partial charge >= 0.3 is 5.97 Å². The normalized spacial score (nSPS) is 15.1. The van der Waals surface area contributed by atoms with Crippen molar-refractivity contribution in [3.05, 3.63) is 35.9 Å². The predicted molar refractivity (Wildman–Crippen MR) is 71.2 cm³/mol.